The van der Waals surface area contributed by atoms with Gasteiger partial charge in [0.1, 0.15) is 23.7 Å². The first-order chi connectivity index (χ1) is 12.8. The molecule has 0 saturated heterocycles. The van der Waals surface area contributed by atoms with E-state index in [-0.39, 0.29) is 0 Å². The van der Waals surface area contributed by atoms with Gasteiger partial charge in [-0.05, 0) is 31.0 Å². The Kier molecular flexibility index (Phi) is 4.60. The molecule has 0 atom stereocenters. The highest BCUT2D eigenvalue weighted by Gasteiger charge is 2.17. The third-order valence-corrected chi connectivity index (χ3v) is 4.83. The molecular weight excluding hydrogens is 330 g/mol. The minimum Gasteiger partial charge on any atom is -0.497 e. The monoisotopic (exact) mass is 353 g/mol. The normalized spacial score (nSPS) is 13.9. The minimum atomic E-state index is 0.564. The third-order valence-electron chi connectivity index (χ3n) is 4.83. The van der Waals surface area contributed by atoms with Gasteiger partial charge in [0.15, 0.2) is 17.0 Å². The quantitative estimate of drug-likeness (QED) is 0.759. The first kappa shape index (κ1) is 16.6. The number of imidazole rings is 1. The standard InChI is InChI=1S/C19H23N5O2/c1-25-14-7-8-15(26-2)13(10-14)11-20-18-17-19(22-12-21-18)24-9-5-3-4-6-16(24)23-17/h7-8,10,12H,3-6,9,11H2,1-2H3,(H,20,21,22). The van der Waals surface area contributed by atoms with Crippen molar-refractivity contribution >= 4 is 17.0 Å². The molecule has 1 aromatic carbocycles. The smallest absolute Gasteiger partial charge is 0.165 e. The molecule has 4 rings (SSSR count). The molecule has 0 bridgehead atoms. The van der Waals surface area contributed by atoms with E-state index >= 15 is 0 Å². The lowest BCUT2D eigenvalue weighted by Crippen LogP contribution is -2.05. The van der Waals surface area contributed by atoms with E-state index in [0.717, 1.165) is 52.8 Å². The molecule has 7 nitrogen and oxygen atoms in total. The van der Waals surface area contributed by atoms with Crippen molar-refractivity contribution in [3.8, 4) is 11.5 Å². The lowest BCUT2D eigenvalue weighted by atomic mass is 10.2. The highest BCUT2D eigenvalue weighted by atomic mass is 16.5. The number of benzene rings is 1. The van der Waals surface area contributed by atoms with Crippen molar-refractivity contribution in [1.29, 1.82) is 0 Å². The van der Waals surface area contributed by atoms with Crippen LogP contribution in [0.2, 0.25) is 0 Å². The van der Waals surface area contributed by atoms with Crippen LogP contribution in [0.3, 0.4) is 0 Å². The van der Waals surface area contributed by atoms with E-state index in [9.17, 15) is 0 Å². The van der Waals surface area contributed by atoms with Crippen LogP contribution in [0.4, 0.5) is 5.82 Å². The number of nitrogens with zero attached hydrogens (tertiary/aromatic N) is 4. The number of nitrogens with one attached hydrogen (secondary N) is 1. The van der Waals surface area contributed by atoms with E-state index < -0.39 is 0 Å². The average molecular weight is 353 g/mol. The van der Waals surface area contributed by atoms with Gasteiger partial charge in [-0.15, -0.1) is 0 Å². The summed E-state index contributed by atoms with van der Waals surface area (Å²) in [5.74, 6) is 3.47. The van der Waals surface area contributed by atoms with Gasteiger partial charge in [0.2, 0.25) is 0 Å². The number of anilines is 1. The van der Waals surface area contributed by atoms with Crippen molar-refractivity contribution in [3.63, 3.8) is 0 Å². The molecule has 0 amide bonds. The summed E-state index contributed by atoms with van der Waals surface area (Å²) in [5.41, 5.74) is 2.75. The Morgan fingerprint density at radius 1 is 1.12 bits per heavy atom. The Balaban J connectivity index is 1.64. The molecule has 0 unspecified atom stereocenters. The van der Waals surface area contributed by atoms with Crippen molar-refractivity contribution in [2.75, 3.05) is 19.5 Å². The molecule has 7 heteroatoms. The van der Waals surface area contributed by atoms with Crippen LogP contribution in [0.15, 0.2) is 24.5 Å². The van der Waals surface area contributed by atoms with Crippen LogP contribution in [0.25, 0.3) is 11.2 Å². The van der Waals surface area contributed by atoms with E-state index in [1.807, 2.05) is 18.2 Å². The van der Waals surface area contributed by atoms with Crippen molar-refractivity contribution in [1.82, 2.24) is 19.5 Å². The van der Waals surface area contributed by atoms with Gasteiger partial charge in [-0.2, -0.15) is 0 Å². The third kappa shape index (κ3) is 3.05. The van der Waals surface area contributed by atoms with E-state index in [1.165, 1.54) is 19.3 Å². The van der Waals surface area contributed by atoms with Crippen LogP contribution < -0.4 is 14.8 Å². The minimum absolute atomic E-state index is 0.564. The predicted molar refractivity (Wildman–Crippen MR) is 99.8 cm³/mol. The molecule has 26 heavy (non-hydrogen) atoms. The van der Waals surface area contributed by atoms with Gasteiger partial charge in [0.25, 0.3) is 0 Å². The first-order valence-corrected chi connectivity index (χ1v) is 8.95. The first-order valence-electron chi connectivity index (χ1n) is 8.95. The molecule has 1 aliphatic heterocycles. The van der Waals surface area contributed by atoms with E-state index in [0.29, 0.717) is 6.54 Å². The maximum atomic E-state index is 5.45. The number of rotatable bonds is 5. The lowest BCUT2D eigenvalue weighted by molar-refractivity contribution is 0.399. The highest BCUT2D eigenvalue weighted by Crippen LogP contribution is 2.27. The second-order valence-corrected chi connectivity index (χ2v) is 6.42. The number of fused-ring (bicyclic) bond motifs is 3. The summed E-state index contributed by atoms with van der Waals surface area (Å²) in [4.78, 5) is 13.7. The van der Waals surface area contributed by atoms with Gasteiger partial charge in [-0.25, -0.2) is 15.0 Å². The Hall–Kier alpha value is -2.83. The summed E-state index contributed by atoms with van der Waals surface area (Å²) in [6.07, 6.45) is 6.20. The molecule has 0 aliphatic carbocycles. The number of aryl methyl sites for hydroxylation is 2. The highest BCUT2D eigenvalue weighted by molar-refractivity contribution is 5.83. The van der Waals surface area contributed by atoms with E-state index in [1.54, 1.807) is 20.5 Å². The molecule has 0 radical (unpaired) electrons. The second kappa shape index (κ2) is 7.19. The van der Waals surface area contributed by atoms with Gasteiger partial charge in [-0.1, -0.05) is 6.42 Å². The fourth-order valence-electron chi connectivity index (χ4n) is 3.47. The Morgan fingerprint density at radius 2 is 2.04 bits per heavy atom. The van der Waals surface area contributed by atoms with Crippen LogP contribution in [0, 0.1) is 0 Å². The summed E-state index contributed by atoms with van der Waals surface area (Å²) in [7, 11) is 3.33. The molecule has 0 fully saturated rings. The number of ether oxygens (including phenoxy) is 2. The van der Waals surface area contributed by atoms with E-state index in [2.05, 4.69) is 19.9 Å². The maximum Gasteiger partial charge on any atom is 0.165 e. The number of methoxy groups -OCH3 is 2. The molecular formula is C19H23N5O2. The zero-order chi connectivity index (χ0) is 17.9. The molecule has 136 valence electrons. The Morgan fingerprint density at radius 3 is 2.88 bits per heavy atom. The average Bonchev–Trinajstić information content (AvgIpc) is 2.87. The van der Waals surface area contributed by atoms with Crippen LogP contribution in [0.1, 0.15) is 30.7 Å². The van der Waals surface area contributed by atoms with Crippen molar-refractivity contribution < 1.29 is 9.47 Å². The fraction of sp³-hybridized carbons (Fsp3) is 0.421. The van der Waals surface area contributed by atoms with Crippen molar-refractivity contribution in [2.24, 2.45) is 0 Å². The van der Waals surface area contributed by atoms with Gasteiger partial charge in [0, 0.05) is 25.1 Å². The topological polar surface area (TPSA) is 74.1 Å². The zero-order valence-corrected chi connectivity index (χ0v) is 15.2. The van der Waals surface area contributed by atoms with Crippen LogP contribution in [0.5, 0.6) is 11.5 Å². The molecule has 0 spiro atoms. The lowest BCUT2D eigenvalue weighted by Gasteiger charge is -2.12. The van der Waals surface area contributed by atoms with Crippen LogP contribution in [-0.4, -0.2) is 33.7 Å². The number of hydrogen-bond donors (Lipinski definition) is 1. The van der Waals surface area contributed by atoms with Crippen molar-refractivity contribution in [2.45, 2.75) is 38.8 Å². The van der Waals surface area contributed by atoms with Gasteiger partial charge in [-0.3, -0.25) is 0 Å². The SMILES string of the molecule is COc1ccc(OC)c(CNc2ncnc3c2nc2n3CCCCC2)c1. The summed E-state index contributed by atoms with van der Waals surface area (Å²) in [6, 6.07) is 5.76. The Bertz CT molecular complexity index is 922. The molecule has 3 heterocycles. The molecule has 1 N–H and O–H groups in total. The molecule has 1 aliphatic rings. The summed E-state index contributed by atoms with van der Waals surface area (Å²) in [5, 5.41) is 3.39. The number of aromatic nitrogens is 4. The van der Waals surface area contributed by atoms with Crippen LogP contribution >= 0.6 is 0 Å². The summed E-state index contributed by atoms with van der Waals surface area (Å²) >= 11 is 0. The Labute approximate surface area is 152 Å². The molecule has 2 aromatic heterocycles. The predicted octanol–water partition coefficient (Wildman–Crippen LogP) is 3.18. The van der Waals surface area contributed by atoms with Gasteiger partial charge < -0.3 is 19.4 Å². The van der Waals surface area contributed by atoms with E-state index in [4.69, 9.17) is 14.5 Å². The zero-order valence-electron chi connectivity index (χ0n) is 15.2. The summed E-state index contributed by atoms with van der Waals surface area (Å²) in [6.45, 7) is 1.54. The van der Waals surface area contributed by atoms with Gasteiger partial charge >= 0.3 is 0 Å². The fourth-order valence-corrected chi connectivity index (χ4v) is 3.47. The van der Waals surface area contributed by atoms with Crippen molar-refractivity contribution in [3.05, 3.63) is 35.9 Å². The molecule has 3 aromatic rings. The largest absolute Gasteiger partial charge is 0.497 e. The molecule has 0 saturated carbocycles. The summed E-state index contributed by atoms with van der Waals surface area (Å²) < 4.78 is 13.0. The maximum absolute atomic E-state index is 5.45. The second-order valence-electron chi connectivity index (χ2n) is 6.42. The van der Waals surface area contributed by atoms with Gasteiger partial charge in [0.05, 0.1) is 14.2 Å². The van der Waals surface area contributed by atoms with Crippen LogP contribution in [-0.2, 0) is 19.5 Å². The number of hydrogen-bond acceptors (Lipinski definition) is 6.